The summed E-state index contributed by atoms with van der Waals surface area (Å²) in [7, 11) is -3.54. The zero-order chi connectivity index (χ0) is 13.2. The van der Waals surface area contributed by atoms with E-state index in [4.69, 9.17) is 14.5 Å². The number of hydrogen-bond acceptors (Lipinski definition) is 5. The van der Waals surface area contributed by atoms with Gasteiger partial charge in [-0.1, -0.05) is 6.07 Å². The molecule has 1 rings (SSSR count). The lowest BCUT2D eigenvalue weighted by atomic mass is 10.2. The van der Waals surface area contributed by atoms with Crippen LogP contribution in [0.25, 0.3) is 0 Å². The van der Waals surface area contributed by atoms with Crippen LogP contribution in [0.3, 0.4) is 0 Å². The average molecular weight is 263 g/mol. The van der Waals surface area contributed by atoms with Crippen molar-refractivity contribution in [1.29, 1.82) is 0 Å². The summed E-state index contributed by atoms with van der Waals surface area (Å²) in [6.45, 7) is 0. The Morgan fingerprint density at radius 2 is 2.06 bits per heavy atom. The van der Waals surface area contributed by atoms with Crippen molar-refractivity contribution in [3.8, 4) is 5.75 Å². The second kappa shape index (κ2) is 4.80. The number of aliphatic hydroxyl groups is 1. The summed E-state index contributed by atoms with van der Waals surface area (Å²) in [5.41, 5.74) is -0.719. The lowest BCUT2D eigenvalue weighted by molar-refractivity contribution is -0.385. The van der Waals surface area contributed by atoms with Gasteiger partial charge in [0.15, 0.2) is 11.6 Å². The zero-order valence-corrected chi connectivity index (χ0v) is 9.57. The first-order valence-corrected chi connectivity index (χ1v) is 6.01. The molecule has 94 valence electrons. The number of rotatable bonds is 4. The molecule has 0 bridgehead atoms. The van der Waals surface area contributed by atoms with Gasteiger partial charge in [-0.25, -0.2) is 0 Å². The van der Waals surface area contributed by atoms with E-state index in [9.17, 15) is 19.8 Å². The first-order chi connectivity index (χ1) is 7.77. The summed E-state index contributed by atoms with van der Waals surface area (Å²) >= 11 is 0. The smallest absolute Gasteiger partial charge is 0.358 e. The molecule has 0 amide bonds. The lowest BCUT2D eigenvalue weighted by Crippen LogP contribution is -2.01. The van der Waals surface area contributed by atoms with Gasteiger partial charge >= 0.3 is 13.3 Å². The first kappa shape index (κ1) is 13.6. The molecule has 0 aromatic heterocycles. The largest absolute Gasteiger partial charge is 0.490 e. The molecule has 8 nitrogen and oxygen atoms in total. The van der Waals surface area contributed by atoms with Gasteiger partial charge in [-0.2, -0.15) is 0 Å². The molecular weight excluding hydrogens is 253 g/mol. The van der Waals surface area contributed by atoms with E-state index in [1.807, 2.05) is 0 Å². The van der Waals surface area contributed by atoms with E-state index in [2.05, 4.69) is 0 Å². The first-order valence-electron chi connectivity index (χ1n) is 4.33. The molecule has 0 aliphatic heterocycles. The zero-order valence-electron chi connectivity index (χ0n) is 8.68. The van der Waals surface area contributed by atoms with Crippen LogP contribution in [-0.4, -0.2) is 26.9 Å². The van der Waals surface area contributed by atoms with E-state index in [0.29, 0.717) is 0 Å². The number of nitro groups is 1. The van der Waals surface area contributed by atoms with Gasteiger partial charge in [0, 0.05) is 6.07 Å². The fraction of sp³-hybridized carbons (Fsp3) is 0.250. The quantitative estimate of drug-likeness (QED) is 0.415. The molecule has 0 aliphatic rings. The summed E-state index contributed by atoms with van der Waals surface area (Å²) < 4.78 is 15.5. The number of nitrogens with zero attached hydrogens (tertiary/aromatic N) is 1. The predicted octanol–water partition coefficient (Wildman–Crippen LogP) is 0.772. The third kappa shape index (κ3) is 3.01. The van der Waals surface area contributed by atoms with Crippen molar-refractivity contribution in [3.63, 3.8) is 0 Å². The molecular formula is C8H10NO7P. The van der Waals surface area contributed by atoms with E-state index < -0.39 is 24.1 Å². The maximum Gasteiger partial charge on any atom is 0.358 e. The van der Waals surface area contributed by atoms with E-state index in [1.165, 1.54) is 7.11 Å². The van der Waals surface area contributed by atoms with E-state index in [0.717, 1.165) is 18.2 Å². The molecule has 17 heavy (non-hydrogen) atoms. The Hall–Kier alpha value is -1.47. The second-order valence-corrected chi connectivity index (χ2v) is 4.82. The Kier molecular flexibility index (Phi) is 3.84. The Morgan fingerprint density at radius 3 is 2.47 bits per heavy atom. The van der Waals surface area contributed by atoms with Crippen LogP contribution in [0.1, 0.15) is 11.4 Å². The molecule has 0 radical (unpaired) electrons. The maximum atomic E-state index is 10.8. The van der Waals surface area contributed by atoms with Crippen molar-refractivity contribution in [3.05, 3.63) is 33.9 Å². The fourth-order valence-corrected chi connectivity index (χ4v) is 1.75. The highest BCUT2D eigenvalue weighted by atomic mass is 31.2. The fourth-order valence-electron chi connectivity index (χ4n) is 1.20. The normalized spacial score (nSPS) is 13.2. The van der Waals surface area contributed by atoms with E-state index >= 15 is 0 Å². The summed E-state index contributed by atoms with van der Waals surface area (Å²) in [5.74, 6) is -2.15. The molecule has 0 aliphatic carbocycles. The molecule has 9 heteroatoms. The summed E-state index contributed by atoms with van der Waals surface area (Å²) in [6, 6.07) is 3.17. The van der Waals surface area contributed by atoms with Crippen molar-refractivity contribution in [2.75, 3.05) is 7.11 Å². The molecule has 0 saturated carbocycles. The van der Waals surface area contributed by atoms with Crippen molar-refractivity contribution in [2.45, 2.75) is 5.85 Å². The van der Waals surface area contributed by atoms with Crippen LogP contribution in [-0.2, 0) is 4.57 Å². The van der Waals surface area contributed by atoms with Gasteiger partial charge in [0.05, 0.1) is 12.0 Å². The number of hydrogen-bond donors (Lipinski definition) is 3. The number of benzene rings is 1. The summed E-state index contributed by atoms with van der Waals surface area (Å²) in [6.07, 6.45) is 0. The molecule has 0 saturated heterocycles. The standard InChI is InChI=1S/C8H10NO7P/c1-16-7-3-2-5(4-6(7)9(11)12)8(10)17(13,14)15/h2-4,8,10H,1H3,(H2,13,14,15). The van der Waals surface area contributed by atoms with Gasteiger partial charge in [0.25, 0.3) is 0 Å². The Morgan fingerprint density at radius 1 is 1.47 bits per heavy atom. The topological polar surface area (TPSA) is 130 Å². The van der Waals surface area contributed by atoms with Crippen LogP contribution in [0.5, 0.6) is 5.75 Å². The van der Waals surface area contributed by atoms with Gasteiger partial charge in [-0.05, 0) is 11.6 Å². The highest BCUT2D eigenvalue weighted by molar-refractivity contribution is 7.51. The maximum absolute atomic E-state index is 10.8. The SMILES string of the molecule is COc1ccc(C(O)P(=O)(O)O)cc1[N+](=O)[O-]. The summed E-state index contributed by atoms with van der Waals surface area (Å²) in [5, 5.41) is 20.0. The molecule has 1 aromatic carbocycles. The monoisotopic (exact) mass is 263 g/mol. The van der Waals surface area contributed by atoms with Crippen LogP contribution >= 0.6 is 7.60 Å². The molecule has 1 aromatic rings. The number of ether oxygens (including phenoxy) is 1. The van der Waals surface area contributed by atoms with Crippen LogP contribution in [0.2, 0.25) is 0 Å². The van der Waals surface area contributed by atoms with Gasteiger partial charge in [0.2, 0.25) is 0 Å². The molecule has 1 unspecified atom stereocenters. The summed E-state index contributed by atoms with van der Waals surface area (Å²) in [4.78, 5) is 27.4. The third-order valence-electron chi connectivity index (χ3n) is 2.02. The van der Waals surface area contributed by atoms with Gasteiger partial charge in [-0.15, -0.1) is 0 Å². The van der Waals surface area contributed by atoms with Crippen LogP contribution < -0.4 is 4.74 Å². The highest BCUT2D eigenvalue weighted by Gasteiger charge is 2.30. The minimum absolute atomic E-state index is 0.0586. The van der Waals surface area contributed by atoms with Crippen LogP contribution in [0, 0.1) is 10.1 Å². The number of aliphatic hydroxyl groups excluding tert-OH is 1. The van der Waals surface area contributed by atoms with Crippen molar-refractivity contribution >= 4 is 13.3 Å². The molecule has 0 fully saturated rings. The van der Waals surface area contributed by atoms with Gasteiger partial charge in [-0.3, -0.25) is 14.7 Å². The van der Waals surface area contributed by atoms with Gasteiger partial charge in [0.1, 0.15) is 0 Å². The third-order valence-corrected chi connectivity index (χ3v) is 2.95. The Balaban J connectivity index is 3.26. The molecule has 3 N–H and O–H groups in total. The lowest BCUT2D eigenvalue weighted by Gasteiger charge is -2.12. The average Bonchev–Trinajstić information content (AvgIpc) is 2.25. The van der Waals surface area contributed by atoms with Crippen molar-refractivity contribution in [2.24, 2.45) is 0 Å². The van der Waals surface area contributed by atoms with Crippen molar-refractivity contribution in [1.82, 2.24) is 0 Å². The van der Waals surface area contributed by atoms with Crippen LogP contribution in [0.15, 0.2) is 18.2 Å². The minimum Gasteiger partial charge on any atom is -0.490 e. The number of methoxy groups -OCH3 is 1. The molecule has 1 atom stereocenters. The van der Waals surface area contributed by atoms with E-state index in [-0.39, 0.29) is 11.3 Å². The minimum atomic E-state index is -4.76. The molecule has 0 heterocycles. The van der Waals surface area contributed by atoms with Crippen LogP contribution in [0.4, 0.5) is 5.69 Å². The Bertz CT molecular complexity index is 483. The van der Waals surface area contributed by atoms with E-state index in [1.54, 1.807) is 0 Å². The number of nitro benzene ring substituents is 1. The van der Waals surface area contributed by atoms with Crippen molar-refractivity contribution < 1.29 is 29.1 Å². The van der Waals surface area contributed by atoms with Gasteiger partial charge < -0.3 is 19.6 Å². The second-order valence-electron chi connectivity index (χ2n) is 3.15. The Labute approximate surface area is 95.8 Å². The molecule has 0 spiro atoms. The highest BCUT2D eigenvalue weighted by Crippen LogP contribution is 2.50. The predicted molar refractivity (Wildman–Crippen MR) is 56.7 cm³/mol.